The summed E-state index contributed by atoms with van der Waals surface area (Å²) in [6.45, 7) is 0. The van der Waals surface area contributed by atoms with Gasteiger partial charge in [-0.1, -0.05) is 42.5 Å². The molecule has 1 aromatic heterocycles. The second-order valence-corrected chi connectivity index (χ2v) is 5.52. The molecule has 0 unspecified atom stereocenters. The zero-order valence-electron chi connectivity index (χ0n) is 12.2. The standard InChI is InChI=1S/C20H13NO2/c22-11-13-5-7-15(8-6-13)17-9-14(12-23)10-18-16-3-1-2-4-19(16)21-20(17)18/h1-12,21H. The van der Waals surface area contributed by atoms with Gasteiger partial charge in [0.1, 0.15) is 12.6 Å². The smallest absolute Gasteiger partial charge is 0.150 e. The van der Waals surface area contributed by atoms with Gasteiger partial charge in [-0.15, -0.1) is 0 Å². The van der Waals surface area contributed by atoms with Crippen molar-refractivity contribution >= 4 is 34.4 Å². The van der Waals surface area contributed by atoms with E-state index in [-0.39, 0.29) is 0 Å². The molecule has 110 valence electrons. The fraction of sp³-hybridized carbons (Fsp3) is 0. The van der Waals surface area contributed by atoms with Gasteiger partial charge < -0.3 is 4.98 Å². The van der Waals surface area contributed by atoms with Crippen LogP contribution in [0.25, 0.3) is 32.9 Å². The zero-order valence-corrected chi connectivity index (χ0v) is 12.2. The quantitative estimate of drug-likeness (QED) is 0.561. The van der Waals surface area contributed by atoms with E-state index in [1.165, 1.54) is 0 Å². The SMILES string of the molecule is O=Cc1ccc(-c2cc(C=O)cc3c2[nH]c2ccccc23)cc1. The van der Waals surface area contributed by atoms with E-state index in [1.807, 2.05) is 48.5 Å². The molecule has 0 aliphatic carbocycles. The Morgan fingerprint density at radius 1 is 0.739 bits per heavy atom. The maximum Gasteiger partial charge on any atom is 0.150 e. The van der Waals surface area contributed by atoms with Crippen molar-refractivity contribution in [2.24, 2.45) is 0 Å². The average Bonchev–Trinajstić information content (AvgIpc) is 2.99. The first-order valence-corrected chi connectivity index (χ1v) is 7.35. The van der Waals surface area contributed by atoms with Crippen LogP contribution in [0, 0.1) is 0 Å². The number of aromatic amines is 1. The molecule has 0 saturated heterocycles. The lowest BCUT2D eigenvalue weighted by Gasteiger charge is -2.06. The number of carbonyl (C=O) groups is 2. The first kappa shape index (κ1) is 13.5. The van der Waals surface area contributed by atoms with Crippen molar-refractivity contribution in [2.45, 2.75) is 0 Å². The second kappa shape index (κ2) is 5.21. The van der Waals surface area contributed by atoms with E-state index < -0.39 is 0 Å². The Morgan fingerprint density at radius 3 is 2.22 bits per heavy atom. The highest BCUT2D eigenvalue weighted by atomic mass is 16.1. The van der Waals surface area contributed by atoms with Crippen molar-refractivity contribution in [3.63, 3.8) is 0 Å². The number of H-pyrrole nitrogens is 1. The summed E-state index contributed by atoms with van der Waals surface area (Å²) in [5, 5.41) is 2.12. The van der Waals surface area contributed by atoms with E-state index in [4.69, 9.17) is 0 Å². The second-order valence-electron chi connectivity index (χ2n) is 5.52. The molecule has 1 N–H and O–H groups in total. The summed E-state index contributed by atoms with van der Waals surface area (Å²) in [7, 11) is 0. The molecule has 0 bridgehead atoms. The fourth-order valence-electron chi connectivity index (χ4n) is 3.01. The van der Waals surface area contributed by atoms with Crippen molar-refractivity contribution in [1.82, 2.24) is 4.98 Å². The van der Waals surface area contributed by atoms with E-state index in [2.05, 4.69) is 4.98 Å². The van der Waals surface area contributed by atoms with Crippen LogP contribution in [0.3, 0.4) is 0 Å². The van der Waals surface area contributed by atoms with E-state index in [0.717, 1.165) is 45.5 Å². The third kappa shape index (κ3) is 2.14. The Labute approximate surface area is 132 Å². The summed E-state index contributed by atoms with van der Waals surface area (Å²) < 4.78 is 0. The molecule has 3 nitrogen and oxygen atoms in total. The summed E-state index contributed by atoms with van der Waals surface area (Å²) >= 11 is 0. The normalized spacial score (nSPS) is 11.0. The zero-order chi connectivity index (χ0) is 15.8. The van der Waals surface area contributed by atoms with E-state index >= 15 is 0 Å². The number of benzene rings is 3. The van der Waals surface area contributed by atoms with Crippen LogP contribution in [0.2, 0.25) is 0 Å². The maximum atomic E-state index is 11.3. The number of aromatic nitrogens is 1. The van der Waals surface area contributed by atoms with Crippen LogP contribution in [-0.2, 0) is 0 Å². The summed E-state index contributed by atoms with van der Waals surface area (Å²) in [6.07, 6.45) is 1.69. The van der Waals surface area contributed by atoms with Gasteiger partial charge in [-0.25, -0.2) is 0 Å². The minimum Gasteiger partial charge on any atom is -0.354 e. The van der Waals surface area contributed by atoms with Crippen LogP contribution < -0.4 is 0 Å². The predicted molar refractivity (Wildman–Crippen MR) is 92.0 cm³/mol. The Hall–Kier alpha value is -3.20. The lowest BCUT2D eigenvalue weighted by molar-refractivity contribution is 0.111. The first-order chi connectivity index (χ1) is 11.3. The number of hydrogen-bond donors (Lipinski definition) is 1. The monoisotopic (exact) mass is 299 g/mol. The number of fused-ring (bicyclic) bond motifs is 3. The lowest BCUT2D eigenvalue weighted by atomic mass is 9.98. The molecule has 3 heteroatoms. The topological polar surface area (TPSA) is 49.9 Å². The number of nitrogens with one attached hydrogen (secondary N) is 1. The van der Waals surface area contributed by atoms with Crippen molar-refractivity contribution in [2.75, 3.05) is 0 Å². The minimum atomic E-state index is 0.633. The van der Waals surface area contributed by atoms with E-state index in [0.29, 0.717) is 11.1 Å². The van der Waals surface area contributed by atoms with E-state index in [9.17, 15) is 9.59 Å². The molecule has 0 aliphatic rings. The van der Waals surface area contributed by atoms with Crippen LogP contribution in [0.15, 0.2) is 60.7 Å². The molecular weight excluding hydrogens is 286 g/mol. The van der Waals surface area contributed by atoms with Crippen molar-refractivity contribution < 1.29 is 9.59 Å². The number of hydrogen-bond acceptors (Lipinski definition) is 2. The van der Waals surface area contributed by atoms with Crippen molar-refractivity contribution in [3.8, 4) is 11.1 Å². The molecular formula is C20H13NO2. The van der Waals surface area contributed by atoms with Gasteiger partial charge in [0, 0.05) is 33.0 Å². The average molecular weight is 299 g/mol. The van der Waals surface area contributed by atoms with Crippen LogP contribution >= 0.6 is 0 Å². The molecule has 0 atom stereocenters. The highest BCUT2D eigenvalue weighted by molar-refractivity contribution is 6.13. The first-order valence-electron chi connectivity index (χ1n) is 7.35. The molecule has 1 heterocycles. The van der Waals surface area contributed by atoms with Crippen LogP contribution in [0.1, 0.15) is 20.7 Å². The molecule has 4 aromatic rings. The fourth-order valence-corrected chi connectivity index (χ4v) is 3.01. The highest BCUT2D eigenvalue weighted by Gasteiger charge is 2.11. The van der Waals surface area contributed by atoms with Crippen molar-refractivity contribution in [3.05, 3.63) is 71.8 Å². The molecule has 0 fully saturated rings. The molecule has 4 rings (SSSR count). The van der Waals surface area contributed by atoms with Crippen LogP contribution in [0.4, 0.5) is 0 Å². The van der Waals surface area contributed by atoms with Gasteiger partial charge in [-0.2, -0.15) is 0 Å². The Kier molecular flexibility index (Phi) is 3.05. The van der Waals surface area contributed by atoms with Gasteiger partial charge in [0.25, 0.3) is 0 Å². The van der Waals surface area contributed by atoms with Gasteiger partial charge in [-0.05, 0) is 23.8 Å². The summed E-state index contributed by atoms with van der Waals surface area (Å²) in [5.41, 5.74) is 5.23. The molecule has 0 saturated carbocycles. The van der Waals surface area contributed by atoms with Gasteiger partial charge >= 0.3 is 0 Å². The minimum absolute atomic E-state index is 0.633. The predicted octanol–water partition coefficient (Wildman–Crippen LogP) is 4.61. The van der Waals surface area contributed by atoms with Gasteiger partial charge in [0.15, 0.2) is 0 Å². The lowest BCUT2D eigenvalue weighted by Crippen LogP contribution is -1.87. The highest BCUT2D eigenvalue weighted by Crippen LogP contribution is 2.34. The maximum absolute atomic E-state index is 11.3. The molecule has 0 aliphatic heterocycles. The molecule has 0 radical (unpaired) electrons. The molecule has 0 amide bonds. The van der Waals surface area contributed by atoms with Gasteiger partial charge in [0.2, 0.25) is 0 Å². The number of para-hydroxylation sites is 1. The molecule has 23 heavy (non-hydrogen) atoms. The van der Waals surface area contributed by atoms with Gasteiger partial charge in [-0.3, -0.25) is 9.59 Å². The number of aldehydes is 2. The third-order valence-corrected chi connectivity index (χ3v) is 4.13. The van der Waals surface area contributed by atoms with Crippen LogP contribution in [0.5, 0.6) is 0 Å². The summed E-state index contributed by atoms with van der Waals surface area (Å²) in [5.74, 6) is 0. The Morgan fingerprint density at radius 2 is 1.48 bits per heavy atom. The van der Waals surface area contributed by atoms with Gasteiger partial charge in [0.05, 0.1) is 5.52 Å². The molecule has 3 aromatic carbocycles. The van der Waals surface area contributed by atoms with Crippen molar-refractivity contribution in [1.29, 1.82) is 0 Å². The summed E-state index contributed by atoms with van der Waals surface area (Å²) in [6, 6.07) is 19.2. The number of rotatable bonds is 3. The Balaban J connectivity index is 2.07. The van der Waals surface area contributed by atoms with E-state index in [1.54, 1.807) is 12.1 Å². The molecule has 0 spiro atoms. The van der Waals surface area contributed by atoms with Crippen LogP contribution in [-0.4, -0.2) is 17.6 Å². The third-order valence-electron chi connectivity index (χ3n) is 4.13. The number of carbonyl (C=O) groups excluding carboxylic acids is 2. The Bertz CT molecular complexity index is 1040. The largest absolute Gasteiger partial charge is 0.354 e. The summed E-state index contributed by atoms with van der Waals surface area (Å²) in [4.78, 5) is 25.6.